The van der Waals surface area contributed by atoms with Crippen LogP contribution in [0.1, 0.15) is 6.92 Å². The highest BCUT2D eigenvalue weighted by Gasteiger charge is 2.47. The smallest absolute Gasteiger partial charge is 0.402 e. The Labute approximate surface area is 254 Å². The summed E-state index contributed by atoms with van der Waals surface area (Å²) in [5, 5.41) is 92.3. The van der Waals surface area contributed by atoms with E-state index >= 15 is 0 Å². The van der Waals surface area contributed by atoms with Gasteiger partial charge in [-0.05, 0) is 24.3 Å². The topological polar surface area (TPSA) is 257 Å². The van der Waals surface area contributed by atoms with Gasteiger partial charge in [0.1, 0.15) is 78.1 Å². The predicted molar refractivity (Wildman–Crippen MR) is 148 cm³/mol. The lowest BCUT2D eigenvalue weighted by atomic mass is 9.99. The quantitative estimate of drug-likeness (QED) is 0.103. The van der Waals surface area contributed by atoms with Gasteiger partial charge in [0.25, 0.3) is 0 Å². The Bertz CT molecular complexity index is 1500. The predicted octanol–water partition coefficient (Wildman–Crippen LogP) is -1.28. The van der Waals surface area contributed by atoms with E-state index < -0.39 is 80.6 Å². The second-order valence-electron chi connectivity index (χ2n) is 10.6. The minimum atomic E-state index is -1.80. The summed E-state index contributed by atoms with van der Waals surface area (Å²) in [6, 6.07) is 9.36. The van der Waals surface area contributed by atoms with E-state index in [1.807, 2.05) is 0 Å². The molecule has 244 valence electrons. The van der Waals surface area contributed by atoms with Gasteiger partial charge in [-0.15, -0.1) is 0 Å². The van der Waals surface area contributed by atoms with Gasteiger partial charge in [0.2, 0.25) is 18.3 Å². The highest BCUT2D eigenvalue weighted by atomic mass is 16.7. The highest BCUT2D eigenvalue weighted by molar-refractivity contribution is 5.88. The van der Waals surface area contributed by atoms with Gasteiger partial charge in [0.05, 0.1) is 18.2 Å². The van der Waals surface area contributed by atoms with Crippen molar-refractivity contribution < 1.29 is 78.9 Å². The third-order valence-electron chi connectivity index (χ3n) is 7.38. The molecule has 9 N–H and O–H groups in total. The van der Waals surface area contributed by atoms with Crippen molar-refractivity contribution in [1.29, 1.82) is 0 Å². The van der Waals surface area contributed by atoms with Gasteiger partial charge in [0.15, 0.2) is 0 Å². The molecule has 0 saturated carbocycles. The summed E-state index contributed by atoms with van der Waals surface area (Å²) >= 11 is 0. The summed E-state index contributed by atoms with van der Waals surface area (Å²) in [5.74, 6) is -1.42. The van der Waals surface area contributed by atoms with Crippen LogP contribution in [0.5, 0.6) is 23.0 Å². The monoisotopic (exact) mass is 637 g/mol. The molecule has 16 heteroatoms. The molecule has 3 heterocycles. The minimum Gasteiger partial charge on any atom is -0.508 e. The van der Waals surface area contributed by atoms with Crippen LogP contribution >= 0.6 is 0 Å². The van der Waals surface area contributed by atoms with Crippen LogP contribution in [-0.4, -0.2) is 127 Å². The lowest BCUT2D eigenvalue weighted by molar-refractivity contribution is -0.278. The second-order valence-corrected chi connectivity index (χ2v) is 10.6. The first kappa shape index (κ1) is 32.6. The molecule has 2 aliphatic heterocycles. The molecule has 3 aromatic rings. The van der Waals surface area contributed by atoms with Crippen molar-refractivity contribution in [2.45, 2.75) is 68.3 Å². The second kappa shape index (κ2) is 13.3. The number of carbonyl (C=O) groups is 1. The number of aliphatic hydroxyl groups excluding tert-OH is 7. The number of phenolic OH excluding ortho intramolecular Hbond substituents is 2. The largest absolute Gasteiger partial charge is 0.508 e. The molecule has 5 rings (SSSR count). The van der Waals surface area contributed by atoms with Crippen LogP contribution in [0.4, 0.5) is 0 Å². The fraction of sp³-hybridized carbons (Fsp3) is 0.448. The molecule has 10 atom stereocenters. The van der Waals surface area contributed by atoms with Gasteiger partial charge in [-0.1, -0.05) is 0 Å². The van der Waals surface area contributed by atoms with Crippen LogP contribution in [0.3, 0.4) is 0 Å². The standard InChI is InChI=1S/C29H32O16/c1-11(31)40-10-20-22(35)24(37)26(39)28(45-20)42-17-7-14(33)6-16-15(17)8-18(27(41-16)12-2-4-13(32)5-3-12)43-29-25(38)23(36)21(34)19(9-30)44-29/h2-8,19-26,28-30,34-39H,9-10H2,1H3,(H-,32,33)/p+1/t19-,20-,21-,22-,23+,24+,25-,26-,28-,29-/m1/s1. The van der Waals surface area contributed by atoms with Gasteiger partial charge in [-0.3, -0.25) is 4.79 Å². The number of benzene rings is 2. The summed E-state index contributed by atoms with van der Waals surface area (Å²) in [6.45, 7) is -0.0475. The molecule has 0 spiro atoms. The molecule has 2 aliphatic rings. The summed E-state index contributed by atoms with van der Waals surface area (Å²) < 4.78 is 33.8. The van der Waals surface area contributed by atoms with E-state index in [1.54, 1.807) is 0 Å². The number of hydrogen-bond acceptors (Lipinski definition) is 15. The van der Waals surface area contributed by atoms with Gasteiger partial charge in [-0.2, -0.15) is 0 Å². The Morgan fingerprint density at radius 2 is 1.33 bits per heavy atom. The van der Waals surface area contributed by atoms with Gasteiger partial charge in [0, 0.05) is 19.1 Å². The van der Waals surface area contributed by atoms with Crippen LogP contribution in [0.15, 0.2) is 46.9 Å². The van der Waals surface area contributed by atoms with Crippen molar-refractivity contribution in [3.63, 3.8) is 0 Å². The molecule has 0 radical (unpaired) electrons. The lowest BCUT2D eigenvalue weighted by Crippen LogP contribution is -2.60. The van der Waals surface area contributed by atoms with Gasteiger partial charge < -0.3 is 69.6 Å². The number of aliphatic hydroxyl groups is 7. The van der Waals surface area contributed by atoms with Crippen LogP contribution in [0.25, 0.3) is 22.3 Å². The van der Waals surface area contributed by atoms with E-state index in [4.69, 9.17) is 28.1 Å². The van der Waals surface area contributed by atoms with Crippen molar-refractivity contribution in [3.8, 4) is 34.3 Å². The average Bonchev–Trinajstić information content (AvgIpc) is 3.01. The van der Waals surface area contributed by atoms with E-state index in [-0.39, 0.29) is 39.7 Å². The lowest BCUT2D eigenvalue weighted by Gasteiger charge is -2.40. The SMILES string of the molecule is CC(=O)OC[C@H]1O[C@@H](Oc2cc(O)cc3[o+]c(-c4ccc(O)cc4)c(O[C@@H]4O[C@H](CO)[C@@H](O)[C@H](O)[C@H]4O)cc23)[C@H](O)[C@@H](O)[C@@H]1O. The third kappa shape index (κ3) is 6.74. The molecule has 0 amide bonds. The molecule has 0 unspecified atom stereocenters. The normalized spacial score (nSPS) is 31.8. The van der Waals surface area contributed by atoms with Gasteiger partial charge in [-0.25, -0.2) is 4.42 Å². The fourth-order valence-corrected chi connectivity index (χ4v) is 4.94. The molecule has 45 heavy (non-hydrogen) atoms. The molecule has 2 saturated heterocycles. The highest BCUT2D eigenvalue weighted by Crippen LogP contribution is 2.42. The van der Waals surface area contributed by atoms with Crippen molar-refractivity contribution >= 4 is 16.9 Å². The van der Waals surface area contributed by atoms with E-state index in [0.717, 1.165) is 13.0 Å². The first-order valence-corrected chi connectivity index (χ1v) is 13.8. The zero-order valence-corrected chi connectivity index (χ0v) is 23.6. The fourth-order valence-electron chi connectivity index (χ4n) is 4.94. The van der Waals surface area contributed by atoms with Crippen molar-refractivity contribution in [2.24, 2.45) is 0 Å². The van der Waals surface area contributed by atoms with Gasteiger partial charge >= 0.3 is 17.3 Å². The molecule has 0 bridgehead atoms. The van der Waals surface area contributed by atoms with E-state index in [9.17, 15) is 50.8 Å². The molecule has 2 fully saturated rings. The summed E-state index contributed by atoms with van der Waals surface area (Å²) in [4.78, 5) is 11.3. The van der Waals surface area contributed by atoms with Crippen molar-refractivity contribution in [1.82, 2.24) is 0 Å². The molecular weight excluding hydrogens is 604 g/mol. The molecule has 1 aromatic heterocycles. The van der Waals surface area contributed by atoms with Crippen LogP contribution in [0.2, 0.25) is 0 Å². The van der Waals surface area contributed by atoms with E-state index in [1.165, 1.54) is 36.4 Å². The van der Waals surface area contributed by atoms with Crippen LogP contribution in [0, 0.1) is 0 Å². The number of aromatic hydroxyl groups is 2. The minimum absolute atomic E-state index is 0.00317. The molecule has 16 nitrogen and oxygen atoms in total. The number of hydrogen-bond donors (Lipinski definition) is 9. The molecular formula is C29H33O16+. The number of fused-ring (bicyclic) bond motifs is 1. The molecule has 0 aliphatic carbocycles. The number of carbonyl (C=O) groups excluding carboxylic acids is 1. The van der Waals surface area contributed by atoms with Crippen molar-refractivity contribution in [3.05, 3.63) is 42.5 Å². The first-order chi connectivity index (χ1) is 21.4. The zero-order valence-electron chi connectivity index (χ0n) is 23.6. The Morgan fingerprint density at radius 3 is 1.93 bits per heavy atom. The Balaban J connectivity index is 1.56. The maximum Gasteiger partial charge on any atom is 0.402 e. The first-order valence-electron chi connectivity index (χ1n) is 13.8. The van der Waals surface area contributed by atoms with E-state index in [2.05, 4.69) is 0 Å². The van der Waals surface area contributed by atoms with Crippen LogP contribution in [-0.2, 0) is 19.0 Å². The summed E-state index contributed by atoms with van der Waals surface area (Å²) in [7, 11) is 0. The number of phenols is 2. The Hall–Kier alpha value is -3.84. The number of rotatable bonds is 8. The Morgan fingerprint density at radius 1 is 0.756 bits per heavy atom. The van der Waals surface area contributed by atoms with E-state index in [0.29, 0.717) is 5.56 Å². The van der Waals surface area contributed by atoms with Crippen LogP contribution < -0.4 is 9.47 Å². The van der Waals surface area contributed by atoms with Crippen molar-refractivity contribution in [2.75, 3.05) is 13.2 Å². The summed E-state index contributed by atoms with van der Waals surface area (Å²) in [5.41, 5.74) is 0.341. The Kier molecular flexibility index (Phi) is 9.59. The third-order valence-corrected chi connectivity index (χ3v) is 7.38. The maximum absolute atomic E-state index is 11.3. The summed E-state index contributed by atoms with van der Waals surface area (Å²) in [6.07, 6.45) is -16.3. The zero-order chi connectivity index (χ0) is 32.6. The number of esters is 1. The average molecular weight is 638 g/mol. The molecule has 2 aromatic carbocycles. The maximum atomic E-state index is 11.3. The number of ether oxygens (including phenoxy) is 5.